The highest BCUT2D eigenvalue weighted by Crippen LogP contribution is 2.40. The number of fused-ring (bicyclic) bond motifs is 2. The molecule has 0 spiro atoms. The van der Waals surface area contributed by atoms with E-state index in [2.05, 4.69) is 25.2 Å². The number of aromatic hydroxyl groups is 1. The number of benzene rings is 2. The van der Waals surface area contributed by atoms with E-state index in [-0.39, 0.29) is 5.75 Å². The molecule has 0 unspecified atom stereocenters. The van der Waals surface area contributed by atoms with Gasteiger partial charge in [0.2, 0.25) is 5.96 Å². The zero-order valence-corrected chi connectivity index (χ0v) is 12.7. The maximum absolute atomic E-state index is 9.98. The predicted molar refractivity (Wildman–Crippen MR) is 89.7 cm³/mol. The molecule has 110 valence electrons. The Morgan fingerprint density at radius 3 is 3.05 bits per heavy atom. The maximum Gasteiger partial charge on any atom is 0.212 e. The predicted octanol–water partition coefficient (Wildman–Crippen LogP) is 3.82. The molecule has 1 aromatic heterocycles. The van der Waals surface area contributed by atoms with Crippen LogP contribution in [-0.4, -0.2) is 21.3 Å². The van der Waals surface area contributed by atoms with Crippen LogP contribution in [0.1, 0.15) is 0 Å². The lowest BCUT2D eigenvalue weighted by Gasteiger charge is -2.19. The Morgan fingerprint density at radius 1 is 1.23 bits per heavy atom. The summed E-state index contributed by atoms with van der Waals surface area (Å²) in [5, 5.41) is 24.6. The second kappa shape index (κ2) is 5.11. The molecule has 0 fully saturated rings. The normalized spacial score (nSPS) is 13.4. The van der Waals surface area contributed by atoms with Crippen molar-refractivity contribution in [3.05, 3.63) is 41.6 Å². The number of phenols is 1. The number of anilines is 2. The van der Waals surface area contributed by atoms with Crippen molar-refractivity contribution in [3.63, 3.8) is 0 Å². The van der Waals surface area contributed by atoms with Crippen molar-refractivity contribution in [3.8, 4) is 5.75 Å². The fourth-order valence-corrected chi connectivity index (χ4v) is 3.20. The molecule has 0 saturated heterocycles. The van der Waals surface area contributed by atoms with Crippen LogP contribution in [0.25, 0.3) is 10.9 Å². The van der Waals surface area contributed by atoms with E-state index in [0.717, 1.165) is 21.5 Å². The van der Waals surface area contributed by atoms with E-state index in [4.69, 9.17) is 11.6 Å². The first-order valence-electron chi connectivity index (χ1n) is 6.44. The van der Waals surface area contributed by atoms with Gasteiger partial charge >= 0.3 is 0 Å². The molecule has 22 heavy (non-hydrogen) atoms. The van der Waals surface area contributed by atoms with E-state index in [1.165, 1.54) is 18.0 Å². The number of aromatic amines is 1. The molecule has 8 heteroatoms. The smallest absolute Gasteiger partial charge is 0.212 e. The molecular weight excluding hydrogens is 322 g/mol. The van der Waals surface area contributed by atoms with Crippen LogP contribution in [0.5, 0.6) is 5.75 Å². The molecule has 0 radical (unpaired) electrons. The second-order valence-electron chi connectivity index (χ2n) is 4.75. The Balaban J connectivity index is 1.60. The van der Waals surface area contributed by atoms with Gasteiger partial charge < -0.3 is 15.7 Å². The standard InChI is InChI=1S/C14H10ClN5OS/c15-8-4-11(21)13-12(5-8)22-20-14(18-13)17-9-1-2-10-7(3-9)6-16-19-10/h1-6,21H,(H,16,19)(H2,17,18,20). The lowest BCUT2D eigenvalue weighted by Crippen LogP contribution is -2.23. The number of H-pyrrole nitrogens is 1. The zero-order valence-electron chi connectivity index (χ0n) is 11.1. The Bertz CT molecular complexity index is 907. The van der Waals surface area contributed by atoms with E-state index in [0.29, 0.717) is 16.7 Å². The lowest BCUT2D eigenvalue weighted by molar-refractivity contribution is 0.476. The minimum Gasteiger partial charge on any atom is -0.506 e. The molecule has 0 saturated carbocycles. The van der Waals surface area contributed by atoms with E-state index >= 15 is 0 Å². The fourth-order valence-electron chi connectivity index (χ4n) is 2.21. The number of nitrogens with zero attached hydrogens (tertiary/aromatic N) is 2. The van der Waals surface area contributed by atoms with Gasteiger partial charge in [-0.3, -0.25) is 5.10 Å². The van der Waals surface area contributed by atoms with Crippen LogP contribution >= 0.6 is 23.5 Å². The molecule has 0 aliphatic carbocycles. The van der Waals surface area contributed by atoms with E-state index < -0.39 is 0 Å². The molecular formula is C14H10ClN5OS. The van der Waals surface area contributed by atoms with Gasteiger partial charge in [0.15, 0.2) is 0 Å². The van der Waals surface area contributed by atoms with Gasteiger partial charge in [-0.15, -0.1) is 0 Å². The number of phenolic OH excluding ortho intramolecular Hbond substituents is 1. The third kappa shape index (κ3) is 2.34. The maximum atomic E-state index is 9.98. The average Bonchev–Trinajstić information content (AvgIpc) is 2.95. The van der Waals surface area contributed by atoms with Crippen LogP contribution in [0.2, 0.25) is 5.02 Å². The number of guanidine groups is 1. The second-order valence-corrected chi connectivity index (χ2v) is 5.99. The van der Waals surface area contributed by atoms with Crippen molar-refractivity contribution < 1.29 is 5.11 Å². The Morgan fingerprint density at radius 2 is 2.14 bits per heavy atom. The van der Waals surface area contributed by atoms with Gasteiger partial charge in [-0.2, -0.15) is 9.50 Å². The molecule has 4 rings (SSSR count). The summed E-state index contributed by atoms with van der Waals surface area (Å²) >= 11 is 7.17. The molecule has 0 bridgehead atoms. The number of nitrogens with one attached hydrogen (secondary N) is 3. The third-order valence-corrected chi connectivity index (χ3v) is 4.24. The number of halogens is 1. The molecule has 2 aromatic carbocycles. The molecule has 6 nitrogen and oxygen atoms in total. The highest BCUT2D eigenvalue weighted by Gasteiger charge is 2.17. The molecule has 4 N–H and O–H groups in total. The van der Waals surface area contributed by atoms with Crippen LogP contribution < -0.4 is 10.6 Å². The summed E-state index contributed by atoms with van der Waals surface area (Å²) in [5.74, 6) is 0.632. The van der Waals surface area contributed by atoms with Crippen molar-refractivity contribution in [1.82, 2.24) is 10.2 Å². The van der Waals surface area contributed by atoms with Crippen molar-refractivity contribution in [1.29, 1.82) is 0 Å². The summed E-state index contributed by atoms with van der Waals surface area (Å²) in [5.41, 5.74) is 2.44. The lowest BCUT2D eigenvalue weighted by atomic mass is 10.2. The number of hydrogen-bond acceptors (Lipinski definition) is 6. The molecule has 1 aliphatic heterocycles. The average molecular weight is 332 g/mol. The van der Waals surface area contributed by atoms with Gasteiger partial charge in [-0.25, -0.2) is 0 Å². The van der Waals surface area contributed by atoms with Crippen molar-refractivity contribution in [2.24, 2.45) is 4.40 Å². The molecule has 1 aliphatic rings. The summed E-state index contributed by atoms with van der Waals surface area (Å²) < 4.78 is 4.33. The first kappa shape index (κ1) is 13.3. The Kier molecular flexibility index (Phi) is 3.09. The minimum absolute atomic E-state index is 0.0921. The third-order valence-electron chi connectivity index (χ3n) is 3.23. The zero-order chi connectivity index (χ0) is 15.1. The summed E-state index contributed by atoms with van der Waals surface area (Å²) in [6.07, 6.45) is 1.76. The van der Waals surface area contributed by atoms with Gasteiger partial charge in [0.25, 0.3) is 0 Å². The van der Waals surface area contributed by atoms with Crippen LogP contribution in [0.3, 0.4) is 0 Å². The fraction of sp³-hybridized carbons (Fsp3) is 0. The number of rotatable bonds is 1. The van der Waals surface area contributed by atoms with Gasteiger partial charge in [-0.05, 0) is 24.3 Å². The highest BCUT2D eigenvalue weighted by molar-refractivity contribution is 7.98. The molecule has 3 aromatic rings. The van der Waals surface area contributed by atoms with E-state index in [9.17, 15) is 5.11 Å². The first-order valence-corrected chi connectivity index (χ1v) is 7.59. The quantitative estimate of drug-likeness (QED) is 0.402. The summed E-state index contributed by atoms with van der Waals surface area (Å²) in [6.45, 7) is 0. The van der Waals surface area contributed by atoms with E-state index in [1.807, 2.05) is 18.2 Å². The van der Waals surface area contributed by atoms with Crippen LogP contribution in [-0.2, 0) is 0 Å². The largest absolute Gasteiger partial charge is 0.506 e. The Hall–Kier alpha value is -2.38. The van der Waals surface area contributed by atoms with Gasteiger partial charge in [-0.1, -0.05) is 11.6 Å². The van der Waals surface area contributed by atoms with Crippen molar-refractivity contribution >= 4 is 51.8 Å². The van der Waals surface area contributed by atoms with Crippen molar-refractivity contribution in [2.45, 2.75) is 4.90 Å². The van der Waals surface area contributed by atoms with Gasteiger partial charge in [0, 0.05) is 34.1 Å². The van der Waals surface area contributed by atoms with Gasteiger partial charge in [0.05, 0.1) is 22.3 Å². The molecule has 2 heterocycles. The summed E-state index contributed by atoms with van der Waals surface area (Å²) in [4.78, 5) is 0.779. The molecule has 0 atom stereocenters. The number of hydrogen-bond donors (Lipinski definition) is 4. The first-order chi connectivity index (χ1) is 10.7. The van der Waals surface area contributed by atoms with E-state index in [1.54, 1.807) is 12.3 Å². The van der Waals surface area contributed by atoms with Crippen LogP contribution in [0, 0.1) is 0 Å². The minimum atomic E-state index is 0.0921. The summed E-state index contributed by atoms with van der Waals surface area (Å²) in [6, 6.07) is 9.07. The van der Waals surface area contributed by atoms with Gasteiger partial charge in [0.1, 0.15) is 5.75 Å². The monoisotopic (exact) mass is 331 g/mol. The number of aromatic nitrogens is 2. The highest BCUT2D eigenvalue weighted by atomic mass is 35.5. The summed E-state index contributed by atoms with van der Waals surface area (Å²) in [7, 11) is 0. The van der Waals surface area contributed by atoms with Crippen molar-refractivity contribution in [2.75, 3.05) is 10.6 Å². The SMILES string of the molecule is Oc1cc(Cl)cc2c1NC(Nc1ccc3[nH]ncc3c1)=NS2. The molecule has 0 amide bonds. The van der Waals surface area contributed by atoms with Crippen LogP contribution in [0.4, 0.5) is 11.4 Å². The topological polar surface area (TPSA) is 85.3 Å². The Labute approximate surface area is 134 Å². The van der Waals surface area contributed by atoms with Crippen LogP contribution in [0.15, 0.2) is 45.8 Å².